The number of hydrogen-bond donors (Lipinski definition) is 1. The molecule has 0 saturated carbocycles. The molecule has 0 aromatic carbocycles. The molecule has 2 fully saturated rings. The SMILES string of the molecule is COC(=O)[C@H](C)[As]P(=O)(OC[C@H]1O[C@@H]([n+]2cccc(C(N)=O)c2)[C@@H]2OC(C)(C)O[C@@H]21)[As][C@@H](C)C(=O)OC. The molecule has 12 nitrogen and oxygen atoms in total. The van der Waals surface area contributed by atoms with Gasteiger partial charge in [0.25, 0.3) is 0 Å². The van der Waals surface area contributed by atoms with E-state index in [0.29, 0.717) is 5.56 Å². The molecule has 2 saturated heterocycles. The van der Waals surface area contributed by atoms with Crippen LogP contribution in [0.15, 0.2) is 24.5 Å². The van der Waals surface area contributed by atoms with Crippen molar-refractivity contribution in [3.8, 4) is 0 Å². The maximum absolute atomic E-state index is 14.0. The molecule has 1 amide bonds. The molecule has 3 rings (SSSR count). The summed E-state index contributed by atoms with van der Waals surface area (Å²) in [6.07, 6.45) is 0.866. The topological polar surface area (TPSA) is 154 Å². The Hall–Kier alpha value is -1.25. The first kappa shape index (κ1) is 30.3. The van der Waals surface area contributed by atoms with Crippen molar-refractivity contribution in [3.63, 3.8) is 0 Å². The Morgan fingerprint density at radius 3 is 2.22 bits per heavy atom. The summed E-state index contributed by atoms with van der Waals surface area (Å²) < 4.78 is 45.2. The predicted molar refractivity (Wildman–Crippen MR) is 131 cm³/mol. The molecule has 0 spiro atoms. The van der Waals surface area contributed by atoms with Crippen LogP contribution in [0.25, 0.3) is 0 Å². The van der Waals surface area contributed by atoms with E-state index in [2.05, 4.69) is 0 Å². The third kappa shape index (κ3) is 7.44. The zero-order valence-corrected chi connectivity index (χ0v) is 26.1. The standard InChI is InChI=1S/C22H31As2N2O10P/c1-12(20(28)31-5)23-37(30,24-13(2)21(29)32-6)33-11-15-16-17(36-22(3,4)35-16)19(34-15)26-9-7-8-14(10-26)18(25)27/h7-10,12-13,15-17,19H,11H2,1-6H3,(H-,25,27)/p+1/t12-,13-,15+,16+,17+,19+/m0/s1. The van der Waals surface area contributed by atoms with Gasteiger partial charge in [-0.3, -0.25) is 0 Å². The second-order valence-electron chi connectivity index (χ2n) is 8.95. The molecule has 204 valence electrons. The van der Waals surface area contributed by atoms with Crippen molar-refractivity contribution in [2.75, 3.05) is 20.8 Å². The Balaban J connectivity index is 1.82. The number of methoxy groups -OCH3 is 2. The molecule has 37 heavy (non-hydrogen) atoms. The van der Waals surface area contributed by atoms with Gasteiger partial charge in [0.1, 0.15) is 0 Å². The summed E-state index contributed by atoms with van der Waals surface area (Å²) in [5.74, 6) is -2.45. The predicted octanol–water partition coefficient (Wildman–Crippen LogP) is 0.986. The fourth-order valence-electron chi connectivity index (χ4n) is 3.97. The van der Waals surface area contributed by atoms with Crippen LogP contribution in [0, 0.1) is 0 Å². The number of carbonyl (C=O) groups excluding carboxylic acids is 3. The van der Waals surface area contributed by atoms with Crippen molar-refractivity contribution in [1.29, 1.82) is 0 Å². The molecular formula is C22H32As2N2O10P+. The van der Waals surface area contributed by atoms with Gasteiger partial charge in [0.2, 0.25) is 0 Å². The van der Waals surface area contributed by atoms with Crippen LogP contribution in [-0.2, 0) is 42.4 Å². The number of nitrogens with zero attached hydrogens (tertiary/aromatic N) is 1. The van der Waals surface area contributed by atoms with E-state index >= 15 is 0 Å². The van der Waals surface area contributed by atoms with E-state index in [1.165, 1.54) is 14.2 Å². The van der Waals surface area contributed by atoms with Crippen LogP contribution in [0.4, 0.5) is 0 Å². The minimum absolute atomic E-state index is 0.0997. The fraction of sp³-hybridized carbons (Fsp3) is 0.636. The van der Waals surface area contributed by atoms with Crippen LogP contribution >= 0.6 is 4.49 Å². The van der Waals surface area contributed by atoms with E-state index in [1.54, 1.807) is 56.8 Å². The van der Waals surface area contributed by atoms with Crippen LogP contribution in [0.2, 0.25) is 9.41 Å². The van der Waals surface area contributed by atoms with Gasteiger partial charge < -0.3 is 0 Å². The van der Waals surface area contributed by atoms with Crippen molar-refractivity contribution in [3.05, 3.63) is 30.1 Å². The molecular weight excluding hydrogens is 633 g/mol. The number of primary amides is 1. The third-order valence-corrected chi connectivity index (χ3v) is 24.5. The zero-order valence-electron chi connectivity index (χ0n) is 21.4. The molecule has 0 unspecified atom stereocenters. The summed E-state index contributed by atoms with van der Waals surface area (Å²) >= 11 is -2.26. The number of ether oxygens (including phenoxy) is 5. The van der Waals surface area contributed by atoms with Crippen molar-refractivity contribution in [2.24, 2.45) is 5.73 Å². The Kier molecular flexibility index (Phi) is 10.1. The quantitative estimate of drug-likeness (QED) is 0.157. The summed E-state index contributed by atoms with van der Waals surface area (Å²) in [4.78, 5) is 35.8. The number of rotatable bonds is 11. The molecule has 2 aliphatic heterocycles. The Labute approximate surface area is 228 Å². The van der Waals surface area contributed by atoms with Crippen molar-refractivity contribution in [1.82, 2.24) is 0 Å². The summed E-state index contributed by atoms with van der Waals surface area (Å²) in [6.45, 7) is 6.74. The van der Waals surface area contributed by atoms with E-state index in [1.807, 2.05) is 0 Å². The Morgan fingerprint density at radius 2 is 1.68 bits per heavy atom. The first-order chi connectivity index (χ1) is 17.3. The number of esters is 2. The first-order valence-electron chi connectivity index (χ1n) is 11.5. The van der Waals surface area contributed by atoms with E-state index < -0.39 is 92.7 Å². The van der Waals surface area contributed by atoms with Crippen molar-refractivity contribution in [2.45, 2.75) is 67.4 Å². The van der Waals surface area contributed by atoms with Crippen LogP contribution in [0.1, 0.15) is 44.3 Å². The minimum atomic E-state index is -3.36. The monoisotopic (exact) mass is 665 g/mol. The number of hydrogen-bond acceptors (Lipinski definition) is 10. The number of amides is 1. The second-order valence-corrected chi connectivity index (χ2v) is 27.9. The van der Waals surface area contributed by atoms with Gasteiger partial charge in [-0.2, -0.15) is 0 Å². The van der Waals surface area contributed by atoms with E-state index in [9.17, 15) is 18.9 Å². The van der Waals surface area contributed by atoms with Crippen LogP contribution in [0.5, 0.6) is 0 Å². The Morgan fingerprint density at radius 1 is 1.11 bits per heavy atom. The zero-order chi connectivity index (χ0) is 27.5. The van der Waals surface area contributed by atoms with Gasteiger partial charge in [0.05, 0.1) is 0 Å². The third-order valence-electron chi connectivity index (χ3n) is 5.66. The Bertz CT molecular complexity index is 1050. The van der Waals surface area contributed by atoms with Crippen molar-refractivity contribution < 1.29 is 51.7 Å². The molecule has 1 aromatic rings. The normalized spacial score (nSPS) is 28.2. The number of nitrogens with two attached hydrogens (primary N) is 1. The van der Waals surface area contributed by atoms with Crippen LogP contribution < -0.4 is 10.3 Å². The molecule has 2 radical (unpaired) electrons. The average Bonchev–Trinajstić information content (AvgIpc) is 3.34. The summed E-state index contributed by atoms with van der Waals surface area (Å²) in [7, 11) is 2.54. The summed E-state index contributed by atoms with van der Waals surface area (Å²) in [5, 5.41) is 0. The van der Waals surface area contributed by atoms with Gasteiger partial charge in [0.15, 0.2) is 0 Å². The van der Waals surface area contributed by atoms with E-state index in [0.717, 1.165) is 0 Å². The van der Waals surface area contributed by atoms with E-state index in [-0.39, 0.29) is 6.61 Å². The van der Waals surface area contributed by atoms with Gasteiger partial charge in [0, 0.05) is 0 Å². The first-order valence-corrected chi connectivity index (χ1v) is 20.2. The molecule has 0 aliphatic carbocycles. The molecule has 0 bridgehead atoms. The van der Waals surface area contributed by atoms with Crippen LogP contribution in [0.3, 0.4) is 0 Å². The molecule has 3 heterocycles. The number of fused-ring (bicyclic) bond motifs is 1. The number of aromatic nitrogens is 1. The summed E-state index contributed by atoms with van der Waals surface area (Å²) in [6, 6.07) is 3.27. The number of pyridine rings is 1. The van der Waals surface area contributed by atoms with Gasteiger partial charge in [-0.25, -0.2) is 0 Å². The van der Waals surface area contributed by atoms with Gasteiger partial charge >= 0.3 is 229 Å². The van der Waals surface area contributed by atoms with Gasteiger partial charge in [-0.15, -0.1) is 0 Å². The van der Waals surface area contributed by atoms with Gasteiger partial charge in [-0.05, 0) is 0 Å². The van der Waals surface area contributed by atoms with Crippen LogP contribution in [-0.4, -0.2) is 93.4 Å². The summed E-state index contributed by atoms with van der Waals surface area (Å²) in [5.41, 5.74) is 5.73. The molecule has 2 N–H and O–H groups in total. The van der Waals surface area contributed by atoms with Crippen molar-refractivity contribution >= 4 is 52.9 Å². The maximum atomic E-state index is 14.0. The molecule has 15 heteroatoms. The molecule has 1 aromatic heterocycles. The van der Waals surface area contributed by atoms with E-state index in [4.69, 9.17) is 33.9 Å². The number of carbonyl (C=O) groups is 3. The van der Waals surface area contributed by atoms with Gasteiger partial charge in [-0.1, -0.05) is 0 Å². The second kappa shape index (κ2) is 12.3. The average molecular weight is 665 g/mol. The molecule has 2 aliphatic rings. The molecule has 6 atom stereocenters. The fourth-order valence-corrected chi connectivity index (χ4v) is 26.8.